The Hall–Kier alpha value is -1.86. The van der Waals surface area contributed by atoms with Crippen LogP contribution in [0.1, 0.15) is 34.6 Å². The third-order valence-electron chi connectivity index (χ3n) is 5.50. The highest BCUT2D eigenvalue weighted by Crippen LogP contribution is 2.53. The summed E-state index contributed by atoms with van der Waals surface area (Å²) >= 11 is 1.77. The molecule has 0 radical (unpaired) electrons. The van der Waals surface area contributed by atoms with Gasteiger partial charge < -0.3 is 10.1 Å². The molecule has 3 saturated heterocycles. The Bertz CT molecular complexity index is 773. The average Bonchev–Trinajstić information content (AvgIpc) is 3.04. The highest BCUT2D eigenvalue weighted by Gasteiger charge is 2.67. The maximum atomic E-state index is 12.7. The van der Waals surface area contributed by atoms with Crippen molar-refractivity contribution < 1.29 is 19.1 Å². The lowest BCUT2D eigenvalue weighted by atomic mass is 9.96. The molecular formula is C17H16N2O4S. The SMILES string of the molecule is CC1(C)S[C@@H]2[C@@H]3N[C@H]1[C@H]2OC(=O)[C@@H]3N1C(=O)c2ccccc2C1=O. The Morgan fingerprint density at radius 1 is 1.12 bits per heavy atom. The van der Waals surface area contributed by atoms with Gasteiger partial charge in [0.15, 0.2) is 6.04 Å². The lowest BCUT2D eigenvalue weighted by Gasteiger charge is -2.39. The highest BCUT2D eigenvalue weighted by atomic mass is 32.2. The molecule has 5 rings (SSSR count). The summed E-state index contributed by atoms with van der Waals surface area (Å²) in [5.41, 5.74) is 0.710. The fraction of sp³-hybridized carbons (Fsp3) is 0.471. The van der Waals surface area contributed by atoms with Crippen molar-refractivity contribution in [1.82, 2.24) is 10.2 Å². The van der Waals surface area contributed by atoms with Crippen molar-refractivity contribution in [2.75, 3.05) is 0 Å². The van der Waals surface area contributed by atoms with Gasteiger partial charge in [0.1, 0.15) is 6.10 Å². The van der Waals surface area contributed by atoms with Gasteiger partial charge in [0.2, 0.25) is 0 Å². The van der Waals surface area contributed by atoms with Gasteiger partial charge >= 0.3 is 5.97 Å². The number of rotatable bonds is 1. The van der Waals surface area contributed by atoms with Crippen LogP contribution in [0.2, 0.25) is 0 Å². The number of fused-ring (bicyclic) bond motifs is 1. The van der Waals surface area contributed by atoms with Crippen LogP contribution in [-0.4, -0.2) is 56.9 Å². The number of imide groups is 1. The fourth-order valence-corrected chi connectivity index (χ4v) is 6.21. The molecule has 0 unspecified atom stereocenters. The van der Waals surface area contributed by atoms with E-state index in [-0.39, 0.29) is 28.2 Å². The van der Waals surface area contributed by atoms with Crippen LogP contribution in [0.4, 0.5) is 0 Å². The Kier molecular flexibility index (Phi) is 2.66. The largest absolute Gasteiger partial charge is 0.458 e. The summed E-state index contributed by atoms with van der Waals surface area (Å²) in [5.74, 6) is -1.31. The molecule has 124 valence electrons. The normalized spacial score (nSPS) is 38.5. The zero-order chi connectivity index (χ0) is 16.8. The van der Waals surface area contributed by atoms with E-state index < -0.39 is 23.8 Å². The molecule has 0 aliphatic carbocycles. The molecule has 4 aliphatic rings. The maximum absolute atomic E-state index is 12.7. The van der Waals surface area contributed by atoms with Crippen molar-refractivity contribution in [2.45, 2.75) is 48.1 Å². The molecular weight excluding hydrogens is 328 g/mol. The monoisotopic (exact) mass is 344 g/mol. The van der Waals surface area contributed by atoms with E-state index in [4.69, 9.17) is 4.74 Å². The van der Waals surface area contributed by atoms with Gasteiger partial charge in [-0.25, -0.2) is 4.79 Å². The first kappa shape index (κ1) is 14.5. The third-order valence-corrected chi connectivity index (χ3v) is 7.20. The molecule has 4 heterocycles. The lowest BCUT2D eigenvalue weighted by molar-refractivity contribution is -0.157. The van der Waals surface area contributed by atoms with Gasteiger partial charge in [0.05, 0.1) is 28.5 Å². The minimum Gasteiger partial charge on any atom is -0.458 e. The molecule has 0 aromatic heterocycles. The molecule has 3 fully saturated rings. The van der Waals surface area contributed by atoms with Gasteiger partial charge in [-0.1, -0.05) is 12.1 Å². The van der Waals surface area contributed by atoms with Crippen LogP contribution < -0.4 is 5.32 Å². The van der Waals surface area contributed by atoms with Gasteiger partial charge in [0, 0.05) is 4.75 Å². The number of esters is 1. The van der Waals surface area contributed by atoms with Gasteiger partial charge in [-0.05, 0) is 26.0 Å². The molecule has 2 amide bonds. The number of ether oxygens (including phenoxy) is 1. The van der Waals surface area contributed by atoms with Crippen LogP contribution in [0.3, 0.4) is 0 Å². The quantitative estimate of drug-likeness (QED) is 0.600. The molecule has 6 nitrogen and oxygen atoms in total. The standard InChI is InChI=1S/C17H16N2O4S/c1-17(2)13-11-12(24-17)9(18-13)10(16(22)23-11)19-14(20)7-5-3-4-6-8(7)15(19)21/h3-6,9-13,18H,1-2H3/t9-,10-,11+,12-,13+/m1/s1. The Labute approximate surface area is 142 Å². The zero-order valence-corrected chi connectivity index (χ0v) is 14.0. The number of nitrogens with zero attached hydrogens (tertiary/aromatic N) is 1. The van der Waals surface area contributed by atoms with E-state index >= 15 is 0 Å². The summed E-state index contributed by atoms with van der Waals surface area (Å²) in [4.78, 5) is 39.1. The molecule has 0 saturated carbocycles. The average molecular weight is 344 g/mol. The Morgan fingerprint density at radius 2 is 1.75 bits per heavy atom. The second kappa shape index (κ2) is 4.40. The summed E-state index contributed by atoms with van der Waals surface area (Å²) in [6.07, 6.45) is -0.186. The van der Waals surface area contributed by atoms with Crippen molar-refractivity contribution >= 4 is 29.5 Å². The minimum atomic E-state index is -0.896. The zero-order valence-electron chi connectivity index (χ0n) is 13.2. The molecule has 4 aliphatic heterocycles. The number of amides is 2. The van der Waals surface area contributed by atoms with Crippen LogP contribution >= 0.6 is 11.8 Å². The number of carbonyl (C=O) groups excluding carboxylic acids is 3. The fourth-order valence-electron chi connectivity index (χ4n) is 4.43. The van der Waals surface area contributed by atoms with Crippen molar-refractivity contribution in [2.24, 2.45) is 0 Å². The van der Waals surface area contributed by atoms with Crippen LogP contribution in [0.15, 0.2) is 24.3 Å². The first-order chi connectivity index (χ1) is 11.4. The number of hydrogen-bond donors (Lipinski definition) is 1. The van der Waals surface area contributed by atoms with E-state index in [0.717, 1.165) is 4.90 Å². The van der Waals surface area contributed by atoms with E-state index in [1.54, 1.807) is 36.0 Å². The van der Waals surface area contributed by atoms with Gasteiger partial charge in [0.25, 0.3) is 11.8 Å². The van der Waals surface area contributed by atoms with E-state index in [9.17, 15) is 14.4 Å². The minimum absolute atomic E-state index is 0.0387. The van der Waals surface area contributed by atoms with E-state index in [0.29, 0.717) is 11.1 Å². The van der Waals surface area contributed by atoms with Gasteiger partial charge in [-0.2, -0.15) is 0 Å². The molecule has 1 aromatic carbocycles. The van der Waals surface area contributed by atoms with Crippen molar-refractivity contribution in [3.8, 4) is 0 Å². The predicted octanol–water partition coefficient (Wildman–Crippen LogP) is 0.811. The summed E-state index contributed by atoms with van der Waals surface area (Å²) in [5, 5.41) is 3.52. The molecule has 4 bridgehead atoms. The third kappa shape index (κ3) is 1.59. The summed E-state index contributed by atoms with van der Waals surface area (Å²) in [6.45, 7) is 4.24. The summed E-state index contributed by atoms with van der Waals surface area (Å²) < 4.78 is 5.61. The van der Waals surface area contributed by atoms with Crippen molar-refractivity contribution in [1.29, 1.82) is 0 Å². The van der Waals surface area contributed by atoms with Crippen LogP contribution in [0.25, 0.3) is 0 Å². The summed E-state index contributed by atoms with van der Waals surface area (Å²) in [6, 6.07) is 5.58. The van der Waals surface area contributed by atoms with Crippen molar-refractivity contribution in [3.05, 3.63) is 35.4 Å². The van der Waals surface area contributed by atoms with Crippen LogP contribution in [-0.2, 0) is 9.53 Å². The maximum Gasteiger partial charge on any atom is 0.331 e. The van der Waals surface area contributed by atoms with E-state index in [1.807, 2.05) is 0 Å². The molecule has 0 spiro atoms. The number of nitrogens with one attached hydrogen (secondary N) is 1. The molecule has 1 aromatic rings. The second-order valence-corrected chi connectivity index (χ2v) is 9.06. The first-order valence-corrected chi connectivity index (χ1v) is 8.89. The lowest BCUT2D eigenvalue weighted by Crippen LogP contribution is -2.62. The number of carbonyl (C=O) groups is 3. The van der Waals surface area contributed by atoms with Gasteiger partial charge in [-0.3, -0.25) is 14.5 Å². The number of thioether (sulfide) groups is 1. The van der Waals surface area contributed by atoms with Crippen LogP contribution in [0.5, 0.6) is 0 Å². The van der Waals surface area contributed by atoms with Crippen molar-refractivity contribution in [3.63, 3.8) is 0 Å². The smallest absolute Gasteiger partial charge is 0.331 e. The Balaban J connectivity index is 1.54. The van der Waals surface area contributed by atoms with E-state index in [2.05, 4.69) is 19.2 Å². The first-order valence-electron chi connectivity index (χ1n) is 8.01. The van der Waals surface area contributed by atoms with Crippen LogP contribution in [0, 0.1) is 0 Å². The second-order valence-electron chi connectivity index (χ2n) is 7.23. The molecule has 5 atom stereocenters. The topological polar surface area (TPSA) is 75.7 Å². The number of hydrogen-bond acceptors (Lipinski definition) is 6. The highest BCUT2D eigenvalue weighted by molar-refractivity contribution is 8.01. The molecule has 1 N–H and O–H groups in total. The molecule has 7 heteroatoms. The van der Waals surface area contributed by atoms with E-state index in [1.165, 1.54) is 0 Å². The summed E-state index contributed by atoms with van der Waals surface area (Å²) in [7, 11) is 0. The predicted molar refractivity (Wildman–Crippen MR) is 86.8 cm³/mol. The van der Waals surface area contributed by atoms with Gasteiger partial charge in [-0.15, -0.1) is 11.8 Å². The number of benzene rings is 1. The molecule has 24 heavy (non-hydrogen) atoms. The Morgan fingerprint density at radius 3 is 2.38 bits per heavy atom.